The Morgan fingerprint density at radius 2 is 1.85 bits per heavy atom. The van der Waals surface area contributed by atoms with E-state index in [1.807, 2.05) is 0 Å². The molecule has 0 fully saturated rings. The molecule has 8 heteroatoms. The Balaban J connectivity index is 1.90. The van der Waals surface area contributed by atoms with Gasteiger partial charge in [0, 0.05) is 17.5 Å². The summed E-state index contributed by atoms with van der Waals surface area (Å²) in [4.78, 5) is 17.5. The zero-order valence-corrected chi connectivity index (χ0v) is 18.6. The largest absolute Gasteiger partial charge is 0.398 e. The lowest BCUT2D eigenvalue weighted by molar-refractivity contribution is 0.0925. The molecule has 1 heterocycles. The van der Waals surface area contributed by atoms with Crippen LogP contribution in [0.1, 0.15) is 53.0 Å². The first-order valence-corrected chi connectivity index (χ1v) is 10.8. The van der Waals surface area contributed by atoms with E-state index in [2.05, 4.69) is 10.3 Å². The van der Waals surface area contributed by atoms with Crippen molar-refractivity contribution in [3.05, 3.63) is 107 Å². The number of amides is 1. The first-order chi connectivity index (χ1) is 16.3. The molecule has 0 aliphatic carbocycles. The molecule has 0 aliphatic rings. The number of carbonyl (C=O) groups is 1. The van der Waals surface area contributed by atoms with Gasteiger partial charge in [0.25, 0.3) is 5.91 Å². The third-order valence-electron chi connectivity index (χ3n) is 5.23. The molecule has 0 bridgehead atoms. The minimum Gasteiger partial charge on any atom is -0.398 e. The van der Waals surface area contributed by atoms with E-state index in [4.69, 9.17) is 11.1 Å². The SMILES string of the molecule is C[C@H](O)CCC(NC(=O)c1cccc(F)c1C(N)=CC(=N)c1ccc(F)cc1)c1ccccn1. The maximum Gasteiger partial charge on any atom is 0.252 e. The molecule has 1 unspecified atom stereocenters. The second-order valence-corrected chi connectivity index (χ2v) is 7.89. The summed E-state index contributed by atoms with van der Waals surface area (Å²) in [5, 5.41) is 20.8. The van der Waals surface area contributed by atoms with Crippen molar-refractivity contribution >= 4 is 17.3 Å². The van der Waals surface area contributed by atoms with Crippen LogP contribution >= 0.6 is 0 Å². The first-order valence-electron chi connectivity index (χ1n) is 10.8. The highest BCUT2D eigenvalue weighted by molar-refractivity contribution is 6.11. The van der Waals surface area contributed by atoms with Crippen molar-refractivity contribution in [3.63, 3.8) is 0 Å². The van der Waals surface area contributed by atoms with E-state index in [1.54, 1.807) is 31.3 Å². The van der Waals surface area contributed by atoms with E-state index in [0.717, 1.165) is 0 Å². The van der Waals surface area contributed by atoms with Gasteiger partial charge in [0.15, 0.2) is 0 Å². The maximum atomic E-state index is 14.8. The van der Waals surface area contributed by atoms with Gasteiger partial charge in [-0.05, 0) is 79.9 Å². The summed E-state index contributed by atoms with van der Waals surface area (Å²) in [6, 6.07) is 14.1. The van der Waals surface area contributed by atoms with Crippen LogP contribution in [-0.4, -0.2) is 27.8 Å². The Hall–Kier alpha value is -3.91. The smallest absolute Gasteiger partial charge is 0.252 e. The summed E-state index contributed by atoms with van der Waals surface area (Å²) < 4.78 is 28.0. The fourth-order valence-corrected chi connectivity index (χ4v) is 3.47. The van der Waals surface area contributed by atoms with Gasteiger partial charge in [-0.1, -0.05) is 12.1 Å². The van der Waals surface area contributed by atoms with Gasteiger partial charge in [-0.2, -0.15) is 0 Å². The molecule has 0 saturated heterocycles. The van der Waals surface area contributed by atoms with E-state index in [-0.39, 0.29) is 22.5 Å². The number of nitrogens with zero attached hydrogens (tertiary/aromatic N) is 1. The zero-order valence-electron chi connectivity index (χ0n) is 18.6. The fraction of sp³-hybridized carbons (Fsp3) is 0.192. The Morgan fingerprint density at radius 1 is 1.12 bits per heavy atom. The summed E-state index contributed by atoms with van der Waals surface area (Å²) in [5.41, 5.74) is 6.81. The van der Waals surface area contributed by atoms with E-state index in [1.165, 1.54) is 48.5 Å². The summed E-state index contributed by atoms with van der Waals surface area (Å²) in [6.07, 6.45) is 3.11. The monoisotopic (exact) mass is 464 g/mol. The fourth-order valence-electron chi connectivity index (χ4n) is 3.47. The number of halogens is 2. The normalized spacial score (nSPS) is 13.2. The second kappa shape index (κ2) is 11.3. The Kier molecular flexibility index (Phi) is 8.21. The van der Waals surface area contributed by atoms with Gasteiger partial charge in [0.1, 0.15) is 11.6 Å². The Labute approximate surface area is 196 Å². The summed E-state index contributed by atoms with van der Waals surface area (Å²) in [5.74, 6) is -1.73. The van der Waals surface area contributed by atoms with Crippen molar-refractivity contribution in [2.24, 2.45) is 5.73 Å². The molecule has 2 atom stereocenters. The van der Waals surface area contributed by atoms with Gasteiger partial charge in [0.05, 0.1) is 29.1 Å². The summed E-state index contributed by atoms with van der Waals surface area (Å²) >= 11 is 0. The highest BCUT2D eigenvalue weighted by atomic mass is 19.1. The summed E-state index contributed by atoms with van der Waals surface area (Å²) in [6.45, 7) is 1.66. The van der Waals surface area contributed by atoms with E-state index in [9.17, 15) is 18.7 Å². The second-order valence-electron chi connectivity index (χ2n) is 7.89. The molecule has 1 aromatic heterocycles. The molecule has 176 valence electrons. The van der Waals surface area contributed by atoms with Crippen molar-refractivity contribution in [2.75, 3.05) is 0 Å². The van der Waals surface area contributed by atoms with Gasteiger partial charge in [0.2, 0.25) is 0 Å². The highest BCUT2D eigenvalue weighted by Gasteiger charge is 2.22. The number of hydrogen-bond acceptors (Lipinski definition) is 5. The number of hydrogen-bond donors (Lipinski definition) is 4. The molecule has 6 nitrogen and oxygen atoms in total. The quantitative estimate of drug-likeness (QED) is 0.353. The van der Waals surface area contributed by atoms with Crippen molar-refractivity contribution in [1.29, 1.82) is 5.41 Å². The predicted octanol–water partition coefficient (Wildman–Crippen LogP) is 4.36. The van der Waals surface area contributed by atoms with Gasteiger partial charge < -0.3 is 21.6 Å². The molecule has 3 rings (SSSR count). The lowest BCUT2D eigenvalue weighted by atomic mass is 9.99. The standard InChI is InChI=1S/C26H26F2N4O2/c1-16(33)8-13-24(23-7-2-3-14-31-23)32-26(34)19-5-4-6-20(28)25(19)22(30)15-21(29)17-9-11-18(27)12-10-17/h2-7,9-12,14-16,24,29,33H,8,13,30H2,1H3,(H,32,34)/t16-,24?/m0/s1. The van der Waals surface area contributed by atoms with Crippen molar-refractivity contribution in [1.82, 2.24) is 10.3 Å². The molecular formula is C26H26F2N4O2. The lowest BCUT2D eigenvalue weighted by Gasteiger charge is -2.20. The Morgan fingerprint density at radius 3 is 2.50 bits per heavy atom. The van der Waals surface area contributed by atoms with Gasteiger partial charge in [-0.3, -0.25) is 9.78 Å². The van der Waals surface area contributed by atoms with Gasteiger partial charge >= 0.3 is 0 Å². The number of allylic oxidation sites excluding steroid dienone is 1. The molecule has 0 spiro atoms. The molecule has 0 saturated carbocycles. The zero-order chi connectivity index (χ0) is 24.7. The Bertz CT molecular complexity index is 1180. The minimum atomic E-state index is -0.716. The van der Waals surface area contributed by atoms with Crippen molar-refractivity contribution in [3.8, 4) is 0 Å². The van der Waals surface area contributed by atoms with E-state index < -0.39 is 29.7 Å². The van der Waals surface area contributed by atoms with Crippen LogP contribution in [0.25, 0.3) is 5.70 Å². The number of benzene rings is 2. The average molecular weight is 465 g/mol. The van der Waals surface area contributed by atoms with Crippen LogP contribution < -0.4 is 11.1 Å². The molecule has 0 aliphatic heterocycles. The number of nitrogens with two attached hydrogens (primary N) is 1. The number of aliphatic hydroxyl groups excluding tert-OH is 1. The third-order valence-corrected chi connectivity index (χ3v) is 5.23. The van der Waals surface area contributed by atoms with Crippen LogP contribution in [0, 0.1) is 17.0 Å². The number of aliphatic hydroxyl groups is 1. The molecule has 1 amide bonds. The maximum absolute atomic E-state index is 14.8. The molecule has 34 heavy (non-hydrogen) atoms. The van der Waals surface area contributed by atoms with Crippen LogP contribution in [0.15, 0.2) is 72.9 Å². The van der Waals surface area contributed by atoms with Crippen molar-refractivity contribution in [2.45, 2.75) is 31.9 Å². The van der Waals surface area contributed by atoms with Crippen LogP contribution in [-0.2, 0) is 0 Å². The number of carbonyl (C=O) groups excluding carboxylic acids is 1. The number of aromatic nitrogens is 1. The van der Waals surface area contributed by atoms with Gasteiger partial charge in [-0.15, -0.1) is 0 Å². The van der Waals surface area contributed by atoms with Crippen LogP contribution in [0.5, 0.6) is 0 Å². The topological polar surface area (TPSA) is 112 Å². The number of pyridine rings is 1. The van der Waals surface area contributed by atoms with Crippen LogP contribution in [0.2, 0.25) is 0 Å². The van der Waals surface area contributed by atoms with Crippen molar-refractivity contribution < 1.29 is 18.7 Å². The number of rotatable bonds is 9. The summed E-state index contributed by atoms with van der Waals surface area (Å²) in [7, 11) is 0. The van der Waals surface area contributed by atoms with Gasteiger partial charge in [-0.25, -0.2) is 8.78 Å². The number of nitrogens with one attached hydrogen (secondary N) is 2. The van der Waals surface area contributed by atoms with E-state index in [0.29, 0.717) is 24.1 Å². The average Bonchev–Trinajstić information content (AvgIpc) is 2.82. The third kappa shape index (κ3) is 6.32. The predicted molar refractivity (Wildman–Crippen MR) is 127 cm³/mol. The molecule has 2 aromatic carbocycles. The lowest BCUT2D eigenvalue weighted by Crippen LogP contribution is -2.31. The van der Waals surface area contributed by atoms with E-state index >= 15 is 0 Å². The molecule has 5 N–H and O–H groups in total. The minimum absolute atomic E-state index is 0.00126. The molecular weight excluding hydrogens is 438 g/mol. The first kappa shape index (κ1) is 24.7. The molecule has 0 radical (unpaired) electrons. The van der Waals surface area contributed by atoms with Crippen LogP contribution in [0.3, 0.4) is 0 Å². The van der Waals surface area contributed by atoms with Crippen LogP contribution in [0.4, 0.5) is 8.78 Å². The molecule has 3 aromatic rings. The highest BCUT2D eigenvalue weighted by Crippen LogP contribution is 2.23.